The number of ether oxygens (including phenoxy) is 1. The standard InChI is InChI=1S/C20H13Cl2NO3S/c1-26-17-6-4-14-8-13(2-3-15(14)10-17)9-18(12-23)27(24,25)20-11-16(21)5-7-19(20)22/h2-11H,1H3/b18-9+. The van der Waals surface area contributed by atoms with Crippen molar-refractivity contribution in [1.82, 2.24) is 0 Å². The minimum atomic E-state index is -4.10. The lowest BCUT2D eigenvalue weighted by molar-refractivity contribution is 0.415. The summed E-state index contributed by atoms with van der Waals surface area (Å²) in [6, 6.07) is 16.7. The number of allylic oxidation sites excluding steroid dienone is 1. The summed E-state index contributed by atoms with van der Waals surface area (Å²) in [5.74, 6) is 0.724. The topological polar surface area (TPSA) is 67.2 Å². The maximum Gasteiger partial charge on any atom is 0.218 e. The molecule has 0 bridgehead atoms. The Kier molecular flexibility index (Phi) is 5.43. The lowest BCUT2D eigenvalue weighted by Gasteiger charge is -2.07. The lowest BCUT2D eigenvalue weighted by Crippen LogP contribution is -2.04. The number of halogens is 2. The zero-order valence-electron chi connectivity index (χ0n) is 14.1. The average molecular weight is 418 g/mol. The highest BCUT2D eigenvalue weighted by atomic mass is 35.5. The Morgan fingerprint density at radius 2 is 1.74 bits per heavy atom. The van der Waals surface area contributed by atoms with Crippen molar-refractivity contribution in [2.75, 3.05) is 7.11 Å². The molecule has 3 aromatic carbocycles. The van der Waals surface area contributed by atoms with Gasteiger partial charge in [0.05, 0.1) is 17.0 Å². The number of nitrogens with zero attached hydrogens (tertiary/aromatic N) is 1. The fraction of sp³-hybridized carbons (Fsp3) is 0.0500. The van der Waals surface area contributed by atoms with Crippen molar-refractivity contribution in [2.45, 2.75) is 4.90 Å². The van der Waals surface area contributed by atoms with Gasteiger partial charge in [-0.2, -0.15) is 5.26 Å². The molecular weight excluding hydrogens is 405 g/mol. The van der Waals surface area contributed by atoms with Crippen LogP contribution < -0.4 is 4.74 Å². The van der Waals surface area contributed by atoms with Crippen molar-refractivity contribution >= 4 is 49.9 Å². The number of hydrogen-bond acceptors (Lipinski definition) is 4. The van der Waals surface area contributed by atoms with Crippen LogP contribution in [0.1, 0.15) is 5.56 Å². The molecule has 0 atom stereocenters. The number of benzene rings is 3. The maximum atomic E-state index is 12.8. The van der Waals surface area contributed by atoms with E-state index in [2.05, 4.69) is 0 Å². The van der Waals surface area contributed by atoms with Gasteiger partial charge < -0.3 is 4.74 Å². The Balaban J connectivity index is 2.09. The molecule has 0 unspecified atom stereocenters. The van der Waals surface area contributed by atoms with Gasteiger partial charge in [0, 0.05) is 5.02 Å². The first kappa shape index (κ1) is 19.2. The first-order valence-electron chi connectivity index (χ1n) is 7.75. The molecule has 0 fully saturated rings. The van der Waals surface area contributed by atoms with Crippen LogP contribution in [0, 0.1) is 11.3 Å². The van der Waals surface area contributed by atoms with E-state index in [1.54, 1.807) is 25.3 Å². The summed E-state index contributed by atoms with van der Waals surface area (Å²) in [7, 11) is -2.52. The molecule has 136 valence electrons. The SMILES string of the molecule is COc1ccc2cc(/C=C(\C#N)S(=O)(=O)c3cc(Cl)ccc3Cl)ccc2c1. The first-order chi connectivity index (χ1) is 12.8. The van der Waals surface area contributed by atoms with Crippen LogP contribution in [-0.2, 0) is 9.84 Å². The van der Waals surface area contributed by atoms with Crippen molar-refractivity contribution in [3.8, 4) is 11.8 Å². The predicted octanol–water partition coefficient (Wildman–Crippen LogP) is 5.49. The van der Waals surface area contributed by atoms with E-state index in [4.69, 9.17) is 27.9 Å². The summed E-state index contributed by atoms with van der Waals surface area (Å²) in [6.45, 7) is 0. The minimum Gasteiger partial charge on any atom is -0.497 e. The Morgan fingerprint density at radius 3 is 2.44 bits per heavy atom. The molecule has 4 nitrogen and oxygen atoms in total. The molecule has 0 saturated heterocycles. The van der Waals surface area contributed by atoms with E-state index >= 15 is 0 Å². The second kappa shape index (κ2) is 7.61. The number of hydrogen-bond donors (Lipinski definition) is 0. The third-order valence-electron chi connectivity index (χ3n) is 3.95. The maximum absolute atomic E-state index is 12.8. The molecule has 0 aliphatic rings. The van der Waals surface area contributed by atoms with Gasteiger partial charge in [-0.05, 0) is 58.8 Å². The molecule has 0 heterocycles. The van der Waals surface area contributed by atoms with Gasteiger partial charge in [-0.3, -0.25) is 0 Å². The molecule has 0 aliphatic heterocycles. The number of fused-ring (bicyclic) bond motifs is 1. The molecule has 0 N–H and O–H groups in total. The number of nitriles is 1. The summed E-state index contributed by atoms with van der Waals surface area (Å²) in [6.07, 6.45) is 1.32. The van der Waals surface area contributed by atoms with Crippen molar-refractivity contribution < 1.29 is 13.2 Å². The number of methoxy groups -OCH3 is 1. The van der Waals surface area contributed by atoms with Gasteiger partial charge in [0.15, 0.2) is 0 Å². The zero-order chi connectivity index (χ0) is 19.6. The van der Waals surface area contributed by atoms with E-state index in [0.29, 0.717) is 5.56 Å². The van der Waals surface area contributed by atoms with Gasteiger partial charge in [0.2, 0.25) is 9.84 Å². The highest BCUT2D eigenvalue weighted by Gasteiger charge is 2.24. The van der Waals surface area contributed by atoms with Crippen LogP contribution in [0.25, 0.3) is 16.8 Å². The largest absolute Gasteiger partial charge is 0.497 e. The first-order valence-corrected chi connectivity index (χ1v) is 9.99. The van der Waals surface area contributed by atoms with E-state index in [0.717, 1.165) is 16.5 Å². The highest BCUT2D eigenvalue weighted by molar-refractivity contribution is 7.95. The molecule has 3 aromatic rings. The van der Waals surface area contributed by atoms with Gasteiger partial charge in [-0.25, -0.2) is 8.42 Å². The van der Waals surface area contributed by atoms with Crippen LogP contribution in [0.2, 0.25) is 10.0 Å². The minimum absolute atomic E-state index is 0.00570. The van der Waals surface area contributed by atoms with Crippen LogP contribution in [0.5, 0.6) is 5.75 Å². The Hall–Kier alpha value is -2.52. The third kappa shape index (κ3) is 3.93. The van der Waals surface area contributed by atoms with Crippen LogP contribution in [0.15, 0.2) is 64.4 Å². The van der Waals surface area contributed by atoms with Crippen LogP contribution in [0.4, 0.5) is 0 Å². The van der Waals surface area contributed by atoms with Gasteiger partial charge in [0.25, 0.3) is 0 Å². The number of sulfone groups is 1. The van der Waals surface area contributed by atoms with Crippen molar-refractivity contribution in [2.24, 2.45) is 0 Å². The molecular formula is C20H13Cl2NO3S. The summed E-state index contributed by atoms with van der Waals surface area (Å²) < 4.78 is 30.9. The van der Waals surface area contributed by atoms with Gasteiger partial charge >= 0.3 is 0 Å². The highest BCUT2D eigenvalue weighted by Crippen LogP contribution is 2.30. The Labute approximate surface area is 167 Å². The second-order valence-electron chi connectivity index (χ2n) is 5.67. The normalized spacial score (nSPS) is 12.0. The Bertz CT molecular complexity index is 1210. The van der Waals surface area contributed by atoms with Crippen LogP contribution >= 0.6 is 23.2 Å². The van der Waals surface area contributed by atoms with E-state index < -0.39 is 14.7 Å². The lowest BCUT2D eigenvalue weighted by atomic mass is 10.1. The molecule has 0 amide bonds. The molecule has 0 aromatic heterocycles. The van der Waals surface area contributed by atoms with Gasteiger partial charge in [0.1, 0.15) is 16.7 Å². The zero-order valence-corrected chi connectivity index (χ0v) is 16.4. The van der Waals surface area contributed by atoms with Crippen LogP contribution in [0.3, 0.4) is 0 Å². The van der Waals surface area contributed by atoms with Gasteiger partial charge in [-0.1, -0.05) is 41.4 Å². The molecule has 27 heavy (non-hydrogen) atoms. The molecule has 0 spiro atoms. The summed E-state index contributed by atoms with van der Waals surface area (Å²) in [5, 5.41) is 11.5. The summed E-state index contributed by atoms with van der Waals surface area (Å²) in [4.78, 5) is -0.616. The molecule has 3 rings (SSSR count). The fourth-order valence-corrected chi connectivity index (χ4v) is 4.50. The van der Waals surface area contributed by atoms with E-state index in [1.165, 1.54) is 24.3 Å². The van der Waals surface area contributed by atoms with Crippen molar-refractivity contribution in [3.63, 3.8) is 0 Å². The van der Waals surface area contributed by atoms with E-state index in [9.17, 15) is 13.7 Å². The molecule has 7 heteroatoms. The van der Waals surface area contributed by atoms with Crippen molar-refractivity contribution in [1.29, 1.82) is 5.26 Å². The predicted molar refractivity (Wildman–Crippen MR) is 108 cm³/mol. The van der Waals surface area contributed by atoms with Gasteiger partial charge in [-0.15, -0.1) is 0 Å². The van der Waals surface area contributed by atoms with E-state index in [-0.39, 0.29) is 14.9 Å². The average Bonchev–Trinajstić information content (AvgIpc) is 2.67. The van der Waals surface area contributed by atoms with Crippen molar-refractivity contribution in [3.05, 3.63) is 75.1 Å². The van der Waals surface area contributed by atoms with Crippen LogP contribution in [-0.4, -0.2) is 15.5 Å². The van der Waals surface area contributed by atoms with E-state index in [1.807, 2.05) is 24.3 Å². The second-order valence-corrected chi connectivity index (χ2v) is 8.40. The fourth-order valence-electron chi connectivity index (χ4n) is 2.58. The Morgan fingerprint density at radius 1 is 1.04 bits per heavy atom. The molecule has 0 saturated carbocycles. The summed E-state index contributed by atoms with van der Waals surface area (Å²) >= 11 is 11.9. The smallest absolute Gasteiger partial charge is 0.218 e. The summed E-state index contributed by atoms with van der Waals surface area (Å²) in [5.41, 5.74) is 0.575. The number of rotatable bonds is 4. The quantitative estimate of drug-likeness (QED) is 0.526. The molecule has 0 aliphatic carbocycles. The monoisotopic (exact) mass is 417 g/mol. The third-order valence-corrected chi connectivity index (χ3v) is 6.33. The molecule has 0 radical (unpaired) electrons.